The van der Waals surface area contributed by atoms with Gasteiger partial charge in [-0.15, -0.1) is 0 Å². The van der Waals surface area contributed by atoms with Crippen molar-refractivity contribution < 1.29 is 18.8 Å². The smallest absolute Gasteiger partial charge is 0.337 e. The van der Waals surface area contributed by atoms with E-state index in [4.69, 9.17) is 11.6 Å². The van der Waals surface area contributed by atoms with Crippen LogP contribution in [0.5, 0.6) is 0 Å². The first-order valence-corrected chi connectivity index (χ1v) is 6.70. The average Bonchev–Trinajstić information content (AvgIpc) is 2.54. The van der Waals surface area contributed by atoms with Gasteiger partial charge in [-0.2, -0.15) is 0 Å². The number of benzene rings is 1. The number of pyridine rings is 1. The van der Waals surface area contributed by atoms with Gasteiger partial charge >= 0.3 is 5.97 Å². The van der Waals surface area contributed by atoms with E-state index in [9.17, 15) is 19.3 Å². The number of anilines is 1. The normalized spacial score (nSPS) is 10.2. The molecule has 0 aliphatic heterocycles. The number of hydrogen-bond donors (Lipinski definition) is 1. The molecule has 1 N–H and O–H groups in total. The molecular weight excluding hydrogens is 329 g/mol. The van der Waals surface area contributed by atoms with Crippen LogP contribution in [0.4, 0.5) is 15.9 Å². The van der Waals surface area contributed by atoms with E-state index >= 15 is 0 Å². The fraction of sp³-hybridized carbons (Fsp3) is 0.143. The molecule has 0 aliphatic carbocycles. The highest BCUT2D eigenvalue weighted by Gasteiger charge is 2.13. The number of hydrogen-bond acceptors (Lipinski definition) is 6. The van der Waals surface area contributed by atoms with Crippen LogP contribution in [0.1, 0.15) is 15.9 Å². The summed E-state index contributed by atoms with van der Waals surface area (Å²) in [7, 11) is 1.23. The van der Waals surface area contributed by atoms with Crippen molar-refractivity contribution in [3.05, 3.63) is 62.5 Å². The Morgan fingerprint density at radius 1 is 1.48 bits per heavy atom. The lowest BCUT2D eigenvalue weighted by molar-refractivity contribution is -0.385. The summed E-state index contributed by atoms with van der Waals surface area (Å²) < 4.78 is 18.3. The van der Waals surface area contributed by atoms with Crippen LogP contribution in [0.25, 0.3) is 0 Å². The molecular formula is C14H11ClFN3O4. The summed E-state index contributed by atoms with van der Waals surface area (Å²) in [5.74, 6) is -0.943. The van der Waals surface area contributed by atoms with Crippen molar-refractivity contribution in [2.24, 2.45) is 0 Å². The molecule has 0 radical (unpaired) electrons. The average molecular weight is 340 g/mol. The van der Waals surface area contributed by atoms with Crippen molar-refractivity contribution in [1.29, 1.82) is 0 Å². The molecule has 1 aromatic heterocycles. The van der Waals surface area contributed by atoms with E-state index in [-0.39, 0.29) is 34.2 Å². The van der Waals surface area contributed by atoms with Crippen molar-refractivity contribution in [3.63, 3.8) is 0 Å². The minimum absolute atomic E-state index is 0.0127. The number of esters is 1. The molecule has 0 unspecified atom stereocenters. The number of nitrogens with one attached hydrogen (secondary N) is 1. The molecule has 1 aromatic carbocycles. The van der Waals surface area contributed by atoms with Gasteiger partial charge in [-0.1, -0.05) is 11.6 Å². The Bertz CT molecular complexity index is 770. The maximum absolute atomic E-state index is 13.8. The van der Waals surface area contributed by atoms with Gasteiger partial charge in [-0.3, -0.25) is 10.1 Å². The number of carbonyl (C=O) groups excluding carboxylic acids is 1. The molecule has 23 heavy (non-hydrogen) atoms. The number of carbonyl (C=O) groups is 1. The number of aromatic nitrogens is 1. The van der Waals surface area contributed by atoms with Gasteiger partial charge in [0.1, 0.15) is 17.8 Å². The Labute approximate surface area is 135 Å². The fourth-order valence-corrected chi connectivity index (χ4v) is 2.02. The minimum atomic E-state index is -0.623. The van der Waals surface area contributed by atoms with Crippen LogP contribution in [-0.2, 0) is 11.3 Å². The topological polar surface area (TPSA) is 94.4 Å². The number of ether oxygens (including phenoxy) is 1. The van der Waals surface area contributed by atoms with Crippen molar-refractivity contribution in [2.75, 3.05) is 12.4 Å². The van der Waals surface area contributed by atoms with E-state index in [1.807, 2.05) is 0 Å². The predicted octanol–water partition coefficient (Wildman–Crippen LogP) is 3.18. The lowest BCUT2D eigenvalue weighted by Crippen LogP contribution is -2.07. The van der Waals surface area contributed by atoms with Gasteiger partial charge in [0.25, 0.3) is 5.69 Å². The Morgan fingerprint density at radius 3 is 2.83 bits per heavy atom. The molecule has 9 heteroatoms. The standard InChI is InChI=1S/C14H11ClFN3O4/c1-23-14(20)8-2-3-12(16)9(4-8)6-17-13-11(15)5-10(7-18-13)19(21)22/h2-5,7H,6H2,1H3,(H,17,18). The molecule has 2 rings (SSSR count). The Hall–Kier alpha value is -2.74. The Kier molecular flexibility index (Phi) is 5.07. The molecule has 0 spiro atoms. The fourth-order valence-electron chi connectivity index (χ4n) is 1.79. The van der Waals surface area contributed by atoms with Crippen LogP contribution < -0.4 is 5.32 Å². The van der Waals surface area contributed by atoms with E-state index in [1.54, 1.807) is 0 Å². The van der Waals surface area contributed by atoms with Crippen LogP contribution in [-0.4, -0.2) is 23.0 Å². The van der Waals surface area contributed by atoms with Crippen LogP contribution in [0.2, 0.25) is 5.02 Å². The first-order chi connectivity index (χ1) is 10.9. The number of methoxy groups -OCH3 is 1. The zero-order valence-electron chi connectivity index (χ0n) is 11.9. The highest BCUT2D eigenvalue weighted by atomic mass is 35.5. The third-order valence-corrected chi connectivity index (χ3v) is 3.24. The monoisotopic (exact) mass is 339 g/mol. The zero-order valence-corrected chi connectivity index (χ0v) is 12.6. The Morgan fingerprint density at radius 2 is 2.22 bits per heavy atom. The molecule has 0 fully saturated rings. The zero-order chi connectivity index (χ0) is 17.0. The van der Waals surface area contributed by atoms with E-state index in [2.05, 4.69) is 15.0 Å². The lowest BCUT2D eigenvalue weighted by atomic mass is 10.1. The van der Waals surface area contributed by atoms with Gasteiger partial charge in [0, 0.05) is 18.2 Å². The van der Waals surface area contributed by atoms with Crippen molar-refractivity contribution in [1.82, 2.24) is 4.98 Å². The van der Waals surface area contributed by atoms with Gasteiger partial charge in [-0.25, -0.2) is 14.2 Å². The molecule has 7 nitrogen and oxygen atoms in total. The largest absolute Gasteiger partial charge is 0.465 e. The number of nitro groups is 1. The van der Waals surface area contributed by atoms with Crippen molar-refractivity contribution in [2.45, 2.75) is 6.54 Å². The SMILES string of the molecule is COC(=O)c1ccc(F)c(CNc2ncc([N+](=O)[O-])cc2Cl)c1. The summed E-state index contributed by atoms with van der Waals surface area (Å²) in [6.07, 6.45) is 1.04. The van der Waals surface area contributed by atoms with Gasteiger partial charge in [-0.05, 0) is 18.2 Å². The first-order valence-electron chi connectivity index (χ1n) is 6.33. The molecule has 1 heterocycles. The third kappa shape index (κ3) is 3.92. The summed E-state index contributed by atoms with van der Waals surface area (Å²) >= 11 is 5.89. The third-order valence-electron chi connectivity index (χ3n) is 2.95. The summed E-state index contributed by atoms with van der Waals surface area (Å²) in [5.41, 5.74) is 0.150. The molecule has 120 valence electrons. The van der Waals surface area contributed by atoms with Gasteiger partial charge in [0.05, 0.1) is 22.6 Å². The van der Waals surface area contributed by atoms with Crippen molar-refractivity contribution in [3.8, 4) is 0 Å². The number of nitrogens with zero attached hydrogens (tertiary/aromatic N) is 2. The maximum Gasteiger partial charge on any atom is 0.337 e. The van der Waals surface area contributed by atoms with Gasteiger partial charge < -0.3 is 10.1 Å². The second-order valence-corrected chi connectivity index (χ2v) is 4.84. The van der Waals surface area contributed by atoms with Crippen molar-refractivity contribution >= 4 is 29.1 Å². The summed E-state index contributed by atoms with van der Waals surface area (Å²) in [6.45, 7) is -0.0127. The highest BCUT2D eigenvalue weighted by molar-refractivity contribution is 6.33. The number of halogens is 2. The first kappa shape index (κ1) is 16.6. The molecule has 0 aliphatic rings. The maximum atomic E-state index is 13.8. The molecule has 0 saturated carbocycles. The highest BCUT2D eigenvalue weighted by Crippen LogP contribution is 2.24. The van der Waals surface area contributed by atoms with Crippen LogP contribution in [0.3, 0.4) is 0 Å². The molecule has 2 aromatic rings. The van der Waals surface area contributed by atoms with Gasteiger partial charge in [0.15, 0.2) is 0 Å². The van der Waals surface area contributed by atoms with Gasteiger partial charge in [0.2, 0.25) is 0 Å². The second kappa shape index (κ2) is 7.01. The van der Waals surface area contributed by atoms with Crippen LogP contribution >= 0.6 is 11.6 Å². The molecule has 0 saturated heterocycles. The lowest BCUT2D eigenvalue weighted by Gasteiger charge is -2.09. The quantitative estimate of drug-likeness (QED) is 0.510. The van der Waals surface area contributed by atoms with E-state index in [1.165, 1.54) is 19.2 Å². The predicted molar refractivity (Wildman–Crippen MR) is 81.0 cm³/mol. The second-order valence-electron chi connectivity index (χ2n) is 4.43. The molecule has 0 bridgehead atoms. The molecule has 0 amide bonds. The van der Waals surface area contributed by atoms with Crippen LogP contribution in [0.15, 0.2) is 30.5 Å². The summed E-state index contributed by atoms with van der Waals surface area (Å²) in [5, 5.41) is 13.4. The van der Waals surface area contributed by atoms with Crippen LogP contribution in [0, 0.1) is 15.9 Å². The Balaban J connectivity index is 2.17. The number of rotatable bonds is 5. The van der Waals surface area contributed by atoms with E-state index < -0.39 is 16.7 Å². The minimum Gasteiger partial charge on any atom is -0.465 e. The van der Waals surface area contributed by atoms with E-state index in [0.29, 0.717) is 0 Å². The molecule has 0 atom stereocenters. The summed E-state index contributed by atoms with van der Waals surface area (Å²) in [6, 6.07) is 4.93. The summed E-state index contributed by atoms with van der Waals surface area (Å²) in [4.78, 5) is 25.3. The van der Waals surface area contributed by atoms with E-state index in [0.717, 1.165) is 18.3 Å².